The molecule has 8 nitrogen and oxygen atoms in total. The number of ether oxygens (including phenoxy) is 1. The van der Waals surface area contributed by atoms with Crippen LogP contribution in [0, 0.1) is 0 Å². The van der Waals surface area contributed by atoms with E-state index in [9.17, 15) is 9.90 Å². The van der Waals surface area contributed by atoms with E-state index in [1.54, 1.807) is 10.6 Å². The van der Waals surface area contributed by atoms with Gasteiger partial charge in [0.05, 0.1) is 18.5 Å². The van der Waals surface area contributed by atoms with Crippen LogP contribution in [-0.2, 0) is 4.74 Å². The van der Waals surface area contributed by atoms with Crippen LogP contribution < -0.4 is 11.3 Å². The van der Waals surface area contributed by atoms with Gasteiger partial charge in [0, 0.05) is 11.6 Å². The van der Waals surface area contributed by atoms with Crippen molar-refractivity contribution < 1.29 is 14.9 Å². The van der Waals surface area contributed by atoms with Gasteiger partial charge in [0.1, 0.15) is 18.0 Å². The van der Waals surface area contributed by atoms with Gasteiger partial charge in [0.2, 0.25) is 0 Å². The van der Waals surface area contributed by atoms with Gasteiger partial charge < -0.3 is 25.7 Å². The standard InChI is InChI=1S/C12H14N4O4/c1-5-10(18)7(3-17)20-12(5)16-4-14-9-6(16)2-8(13)15-11(9)19/h2,4,7,10,12,17-18H,1,3H2,(H3,13,15,19)/t7-,10+,12-/m1/s1. The zero-order chi connectivity index (χ0) is 14.4. The molecule has 8 heteroatoms. The Bertz CT molecular complexity index is 735. The van der Waals surface area contributed by atoms with Crippen molar-refractivity contribution in [2.45, 2.75) is 18.4 Å². The molecule has 0 unspecified atom stereocenters. The highest BCUT2D eigenvalue weighted by Crippen LogP contribution is 2.34. The molecule has 0 bridgehead atoms. The second-order valence-corrected chi connectivity index (χ2v) is 4.67. The average molecular weight is 278 g/mol. The SMILES string of the molecule is C=C1[C@H](n2cnc3c(=O)[nH]c(N)cc32)O[C@H](CO)[C@H]1O. The molecule has 3 rings (SSSR count). The molecule has 1 fully saturated rings. The number of aromatic amines is 1. The monoisotopic (exact) mass is 278 g/mol. The summed E-state index contributed by atoms with van der Waals surface area (Å²) in [5.74, 6) is 0.201. The first-order valence-corrected chi connectivity index (χ1v) is 6.01. The fourth-order valence-corrected chi connectivity index (χ4v) is 2.35. The van der Waals surface area contributed by atoms with Crippen LogP contribution in [0.25, 0.3) is 11.0 Å². The fourth-order valence-electron chi connectivity index (χ4n) is 2.35. The summed E-state index contributed by atoms with van der Waals surface area (Å²) in [4.78, 5) is 18.2. The predicted molar refractivity (Wildman–Crippen MR) is 70.9 cm³/mol. The van der Waals surface area contributed by atoms with Crippen LogP contribution >= 0.6 is 0 Å². The van der Waals surface area contributed by atoms with E-state index in [4.69, 9.17) is 15.6 Å². The van der Waals surface area contributed by atoms with Crippen molar-refractivity contribution in [3.05, 3.63) is 34.9 Å². The van der Waals surface area contributed by atoms with E-state index in [1.165, 1.54) is 6.33 Å². The zero-order valence-corrected chi connectivity index (χ0v) is 10.5. The number of anilines is 1. The van der Waals surface area contributed by atoms with Crippen molar-refractivity contribution in [3.63, 3.8) is 0 Å². The molecule has 3 heterocycles. The molecular formula is C12H14N4O4. The second kappa shape index (κ2) is 4.44. The number of pyridine rings is 1. The lowest BCUT2D eigenvalue weighted by molar-refractivity contribution is -0.0421. The Labute approximate surface area is 113 Å². The number of nitrogens with two attached hydrogens (primary N) is 1. The van der Waals surface area contributed by atoms with E-state index >= 15 is 0 Å². The smallest absolute Gasteiger partial charge is 0.277 e. The number of nitrogens with zero attached hydrogens (tertiary/aromatic N) is 2. The lowest BCUT2D eigenvalue weighted by Crippen LogP contribution is -2.25. The first-order valence-electron chi connectivity index (χ1n) is 6.01. The van der Waals surface area contributed by atoms with Crippen molar-refractivity contribution in [3.8, 4) is 0 Å². The summed E-state index contributed by atoms with van der Waals surface area (Å²) in [7, 11) is 0. The highest BCUT2D eigenvalue weighted by molar-refractivity contribution is 5.76. The van der Waals surface area contributed by atoms with Crippen LogP contribution in [0.4, 0.5) is 5.82 Å². The van der Waals surface area contributed by atoms with Crippen LogP contribution in [0.15, 0.2) is 29.3 Å². The summed E-state index contributed by atoms with van der Waals surface area (Å²) in [6.07, 6.45) is -0.999. The minimum absolute atomic E-state index is 0.201. The van der Waals surface area contributed by atoms with E-state index in [2.05, 4.69) is 16.5 Å². The summed E-state index contributed by atoms with van der Waals surface area (Å²) in [5.41, 5.74) is 6.30. The number of aliphatic hydroxyl groups is 2. The Morgan fingerprint density at radius 3 is 3.00 bits per heavy atom. The van der Waals surface area contributed by atoms with Crippen molar-refractivity contribution >= 4 is 16.9 Å². The number of H-pyrrole nitrogens is 1. The highest BCUT2D eigenvalue weighted by atomic mass is 16.5. The molecule has 1 saturated heterocycles. The minimum Gasteiger partial charge on any atom is -0.394 e. The number of nitrogens with one attached hydrogen (secondary N) is 1. The Hall–Kier alpha value is -2.16. The van der Waals surface area contributed by atoms with Gasteiger partial charge >= 0.3 is 0 Å². The number of imidazole rings is 1. The van der Waals surface area contributed by atoms with Crippen molar-refractivity contribution in [2.75, 3.05) is 12.3 Å². The second-order valence-electron chi connectivity index (χ2n) is 4.67. The lowest BCUT2D eigenvalue weighted by Gasteiger charge is -2.14. The van der Waals surface area contributed by atoms with Crippen LogP contribution in [-0.4, -0.2) is 43.6 Å². The van der Waals surface area contributed by atoms with Gasteiger partial charge in [0.25, 0.3) is 5.56 Å². The molecule has 0 aromatic carbocycles. The first kappa shape index (κ1) is 12.9. The Morgan fingerprint density at radius 1 is 1.60 bits per heavy atom. The molecule has 0 saturated carbocycles. The van der Waals surface area contributed by atoms with Gasteiger partial charge in [-0.2, -0.15) is 0 Å². The number of aliphatic hydroxyl groups excluding tert-OH is 2. The van der Waals surface area contributed by atoms with Crippen LogP contribution in [0.1, 0.15) is 6.23 Å². The molecular weight excluding hydrogens is 264 g/mol. The molecule has 106 valence electrons. The first-order chi connectivity index (χ1) is 9.52. The third kappa shape index (κ3) is 1.73. The van der Waals surface area contributed by atoms with E-state index in [0.29, 0.717) is 11.1 Å². The number of hydrogen-bond donors (Lipinski definition) is 4. The molecule has 2 aromatic rings. The maximum atomic E-state index is 11.7. The normalized spacial score (nSPS) is 26.5. The maximum absolute atomic E-state index is 11.7. The molecule has 0 amide bonds. The van der Waals surface area contributed by atoms with Gasteiger partial charge in [-0.15, -0.1) is 0 Å². The van der Waals surface area contributed by atoms with Gasteiger partial charge in [-0.3, -0.25) is 9.36 Å². The third-order valence-electron chi connectivity index (χ3n) is 3.38. The van der Waals surface area contributed by atoms with Gasteiger partial charge in [0.15, 0.2) is 11.7 Å². The van der Waals surface area contributed by atoms with Gasteiger partial charge in [-0.1, -0.05) is 6.58 Å². The topological polar surface area (TPSA) is 126 Å². The molecule has 1 aliphatic heterocycles. The summed E-state index contributed by atoms with van der Waals surface area (Å²) >= 11 is 0. The molecule has 1 aliphatic rings. The summed E-state index contributed by atoms with van der Waals surface area (Å²) in [6.45, 7) is 3.44. The van der Waals surface area contributed by atoms with Crippen molar-refractivity contribution in [1.29, 1.82) is 0 Å². The van der Waals surface area contributed by atoms with E-state index in [1.807, 2.05) is 0 Å². The number of rotatable bonds is 2. The number of hydrogen-bond acceptors (Lipinski definition) is 6. The Balaban J connectivity index is 2.12. The molecule has 2 aromatic heterocycles. The van der Waals surface area contributed by atoms with Crippen molar-refractivity contribution in [2.24, 2.45) is 0 Å². The molecule has 0 radical (unpaired) electrons. The highest BCUT2D eigenvalue weighted by Gasteiger charge is 2.38. The Kier molecular flexibility index (Phi) is 2.85. The zero-order valence-electron chi connectivity index (χ0n) is 10.5. The third-order valence-corrected chi connectivity index (χ3v) is 3.38. The minimum atomic E-state index is -0.971. The number of nitrogen functional groups attached to an aromatic ring is 1. The maximum Gasteiger partial charge on any atom is 0.277 e. The molecule has 5 N–H and O–H groups in total. The quantitative estimate of drug-likeness (QED) is 0.528. The number of aromatic nitrogens is 3. The number of fused-ring (bicyclic) bond motifs is 1. The molecule has 0 spiro atoms. The average Bonchev–Trinajstić information content (AvgIpc) is 2.93. The fraction of sp³-hybridized carbons (Fsp3) is 0.333. The molecule has 3 atom stereocenters. The van der Waals surface area contributed by atoms with Crippen LogP contribution in [0.3, 0.4) is 0 Å². The summed E-state index contributed by atoms with van der Waals surface area (Å²) in [5, 5.41) is 19.0. The van der Waals surface area contributed by atoms with Gasteiger partial charge in [-0.25, -0.2) is 4.98 Å². The Morgan fingerprint density at radius 2 is 2.35 bits per heavy atom. The van der Waals surface area contributed by atoms with E-state index in [-0.39, 0.29) is 17.9 Å². The summed E-state index contributed by atoms with van der Waals surface area (Å²) < 4.78 is 7.10. The molecule has 20 heavy (non-hydrogen) atoms. The van der Waals surface area contributed by atoms with Crippen LogP contribution in [0.2, 0.25) is 0 Å². The molecule has 0 aliphatic carbocycles. The van der Waals surface area contributed by atoms with Crippen molar-refractivity contribution in [1.82, 2.24) is 14.5 Å². The van der Waals surface area contributed by atoms with Crippen LogP contribution in [0.5, 0.6) is 0 Å². The van der Waals surface area contributed by atoms with Gasteiger partial charge in [-0.05, 0) is 0 Å². The summed E-state index contributed by atoms with van der Waals surface area (Å²) in [6, 6.07) is 1.55. The predicted octanol–water partition coefficient (Wildman–Crippen LogP) is -0.886. The lowest BCUT2D eigenvalue weighted by atomic mass is 10.1. The van der Waals surface area contributed by atoms with E-state index in [0.717, 1.165) is 0 Å². The largest absolute Gasteiger partial charge is 0.394 e. The van der Waals surface area contributed by atoms with E-state index < -0.39 is 24.0 Å².